The van der Waals surface area contributed by atoms with Crippen molar-refractivity contribution in [3.63, 3.8) is 0 Å². The Bertz CT molecular complexity index is 694. The van der Waals surface area contributed by atoms with E-state index in [-0.39, 0.29) is 17.3 Å². The Morgan fingerprint density at radius 3 is 2.67 bits per heavy atom. The van der Waals surface area contributed by atoms with Gasteiger partial charge in [-0.15, -0.1) is 0 Å². The van der Waals surface area contributed by atoms with Gasteiger partial charge in [0.05, 0.1) is 6.04 Å². The topological polar surface area (TPSA) is 12.0 Å². The molecule has 3 heteroatoms. The molecule has 0 radical (unpaired) electrons. The minimum Gasteiger partial charge on any atom is -0.377 e. The largest absolute Gasteiger partial charge is 0.377 e. The van der Waals surface area contributed by atoms with E-state index in [4.69, 9.17) is 11.6 Å². The number of anilines is 1. The van der Waals surface area contributed by atoms with Crippen molar-refractivity contribution < 1.29 is 4.39 Å². The number of nitrogens with one attached hydrogen (secondary N) is 1. The van der Waals surface area contributed by atoms with Gasteiger partial charge in [0.15, 0.2) is 0 Å². The fraction of sp³-hybridized carbons (Fsp3) is 0.333. The fourth-order valence-electron chi connectivity index (χ4n) is 3.23. The second kappa shape index (κ2) is 5.03. The predicted molar refractivity (Wildman–Crippen MR) is 86.4 cm³/mol. The lowest BCUT2D eigenvalue weighted by atomic mass is 9.85. The minimum absolute atomic E-state index is 0.0911. The number of hydrogen-bond acceptors (Lipinski definition) is 1. The third-order valence-electron chi connectivity index (χ3n) is 4.33. The highest BCUT2D eigenvalue weighted by Gasteiger charge is 2.39. The highest BCUT2D eigenvalue weighted by molar-refractivity contribution is 6.30. The van der Waals surface area contributed by atoms with E-state index >= 15 is 0 Å². The van der Waals surface area contributed by atoms with E-state index in [1.54, 1.807) is 6.07 Å². The molecule has 0 aromatic heterocycles. The summed E-state index contributed by atoms with van der Waals surface area (Å²) in [6.45, 7) is 6.42. The summed E-state index contributed by atoms with van der Waals surface area (Å²) in [7, 11) is 0. The molecular formula is C18H19ClFN. The average molecular weight is 304 g/mol. The van der Waals surface area contributed by atoms with Gasteiger partial charge in [-0.05, 0) is 65.8 Å². The first-order valence-corrected chi connectivity index (χ1v) is 7.56. The monoisotopic (exact) mass is 303 g/mol. The molecule has 1 unspecified atom stereocenters. The quantitative estimate of drug-likeness (QED) is 0.770. The molecule has 0 saturated carbocycles. The first-order chi connectivity index (χ1) is 9.87. The maximum absolute atomic E-state index is 13.3. The highest BCUT2D eigenvalue weighted by Crippen LogP contribution is 2.47. The number of aryl methyl sites for hydroxylation is 1. The summed E-state index contributed by atoms with van der Waals surface area (Å²) in [4.78, 5) is 0. The van der Waals surface area contributed by atoms with Crippen LogP contribution in [0.25, 0.3) is 0 Å². The summed E-state index contributed by atoms with van der Waals surface area (Å²) in [6, 6.07) is 11.1. The van der Waals surface area contributed by atoms with Crippen molar-refractivity contribution in [2.45, 2.75) is 33.2 Å². The summed E-state index contributed by atoms with van der Waals surface area (Å²) >= 11 is 6.16. The molecule has 0 heterocycles. The Morgan fingerprint density at radius 2 is 1.95 bits per heavy atom. The standard InChI is InChI=1S/C18H19ClFN/c1-11-8-14(20)6-7-16(11)21-17-15-9-13(19)5-4-12(15)10-18(17,2)3/h4-9,17,21H,10H2,1-3H3. The summed E-state index contributed by atoms with van der Waals surface area (Å²) in [5, 5.41) is 4.34. The van der Waals surface area contributed by atoms with Crippen LogP contribution in [0, 0.1) is 18.2 Å². The predicted octanol–water partition coefficient (Wildman–Crippen LogP) is 5.52. The van der Waals surface area contributed by atoms with Crippen molar-refractivity contribution in [3.8, 4) is 0 Å². The molecular weight excluding hydrogens is 285 g/mol. The van der Waals surface area contributed by atoms with Gasteiger partial charge in [0.2, 0.25) is 0 Å². The van der Waals surface area contributed by atoms with Gasteiger partial charge in [0.1, 0.15) is 5.82 Å². The zero-order valence-electron chi connectivity index (χ0n) is 12.5. The molecule has 1 N–H and O–H groups in total. The Kier molecular flexibility index (Phi) is 3.45. The molecule has 0 bridgehead atoms. The number of rotatable bonds is 2. The Morgan fingerprint density at radius 1 is 1.19 bits per heavy atom. The van der Waals surface area contributed by atoms with Gasteiger partial charge >= 0.3 is 0 Å². The van der Waals surface area contributed by atoms with Crippen LogP contribution in [0.4, 0.5) is 10.1 Å². The smallest absolute Gasteiger partial charge is 0.123 e. The molecule has 1 aliphatic carbocycles. The summed E-state index contributed by atoms with van der Waals surface area (Å²) in [6.07, 6.45) is 1.01. The van der Waals surface area contributed by atoms with E-state index < -0.39 is 0 Å². The van der Waals surface area contributed by atoms with Crippen molar-refractivity contribution in [1.82, 2.24) is 0 Å². The van der Waals surface area contributed by atoms with Gasteiger partial charge < -0.3 is 5.32 Å². The molecule has 110 valence electrons. The summed E-state index contributed by atoms with van der Waals surface area (Å²) in [5.41, 5.74) is 4.56. The Labute approximate surface area is 130 Å². The van der Waals surface area contributed by atoms with Crippen molar-refractivity contribution in [2.24, 2.45) is 5.41 Å². The summed E-state index contributed by atoms with van der Waals surface area (Å²) < 4.78 is 13.3. The molecule has 0 spiro atoms. The normalized spacial score (nSPS) is 19.4. The Balaban J connectivity index is 1.99. The van der Waals surface area contributed by atoms with Crippen molar-refractivity contribution in [1.29, 1.82) is 0 Å². The molecule has 0 saturated heterocycles. The third-order valence-corrected chi connectivity index (χ3v) is 4.57. The second-order valence-corrected chi connectivity index (χ2v) is 6.98. The van der Waals surface area contributed by atoms with Gasteiger partial charge in [0.25, 0.3) is 0 Å². The molecule has 2 aromatic rings. The van der Waals surface area contributed by atoms with Gasteiger partial charge in [-0.25, -0.2) is 4.39 Å². The van der Waals surface area contributed by atoms with Crippen LogP contribution < -0.4 is 5.32 Å². The van der Waals surface area contributed by atoms with E-state index in [9.17, 15) is 4.39 Å². The van der Waals surface area contributed by atoms with E-state index in [0.29, 0.717) is 0 Å². The first-order valence-electron chi connectivity index (χ1n) is 7.18. The number of halogens is 2. The minimum atomic E-state index is -0.202. The summed E-state index contributed by atoms with van der Waals surface area (Å²) in [5.74, 6) is -0.202. The van der Waals surface area contributed by atoms with Crippen molar-refractivity contribution in [2.75, 3.05) is 5.32 Å². The SMILES string of the molecule is Cc1cc(F)ccc1NC1c2cc(Cl)ccc2CC1(C)C. The Hall–Kier alpha value is -1.54. The van der Waals surface area contributed by atoms with Crippen LogP contribution in [0.2, 0.25) is 5.02 Å². The van der Waals surface area contributed by atoms with E-state index in [0.717, 1.165) is 22.7 Å². The van der Waals surface area contributed by atoms with Crippen molar-refractivity contribution >= 4 is 17.3 Å². The molecule has 21 heavy (non-hydrogen) atoms. The lowest BCUT2D eigenvalue weighted by Gasteiger charge is -2.30. The van der Waals surface area contributed by atoms with Crippen LogP contribution in [0.15, 0.2) is 36.4 Å². The number of fused-ring (bicyclic) bond motifs is 1. The van der Waals surface area contributed by atoms with Crippen LogP contribution in [-0.2, 0) is 6.42 Å². The lowest BCUT2D eigenvalue weighted by Crippen LogP contribution is -2.24. The molecule has 1 atom stereocenters. The third kappa shape index (κ3) is 2.65. The van der Waals surface area contributed by atoms with Crippen molar-refractivity contribution in [3.05, 3.63) is 63.9 Å². The van der Waals surface area contributed by atoms with Crippen LogP contribution >= 0.6 is 11.6 Å². The molecule has 1 aliphatic rings. The maximum atomic E-state index is 13.3. The van der Waals surface area contributed by atoms with Crippen LogP contribution in [0.5, 0.6) is 0 Å². The van der Waals surface area contributed by atoms with Gasteiger partial charge in [-0.1, -0.05) is 31.5 Å². The molecule has 1 nitrogen and oxygen atoms in total. The zero-order valence-corrected chi connectivity index (χ0v) is 13.3. The van der Waals surface area contributed by atoms with E-state index in [2.05, 4.69) is 25.2 Å². The first kappa shape index (κ1) is 14.4. The average Bonchev–Trinajstić information content (AvgIpc) is 2.63. The highest BCUT2D eigenvalue weighted by atomic mass is 35.5. The number of hydrogen-bond donors (Lipinski definition) is 1. The fourth-order valence-corrected chi connectivity index (χ4v) is 3.41. The molecule has 0 fully saturated rings. The van der Waals surface area contributed by atoms with Crippen LogP contribution in [0.1, 0.15) is 36.6 Å². The zero-order chi connectivity index (χ0) is 15.2. The molecule has 0 aliphatic heterocycles. The van der Waals surface area contributed by atoms with E-state index in [1.165, 1.54) is 17.2 Å². The van der Waals surface area contributed by atoms with E-state index in [1.807, 2.05) is 25.1 Å². The second-order valence-electron chi connectivity index (χ2n) is 6.55. The molecule has 3 rings (SSSR count). The van der Waals surface area contributed by atoms with Gasteiger partial charge in [-0.3, -0.25) is 0 Å². The lowest BCUT2D eigenvalue weighted by molar-refractivity contribution is 0.337. The van der Waals surface area contributed by atoms with Gasteiger partial charge in [0, 0.05) is 10.7 Å². The van der Waals surface area contributed by atoms with Crippen LogP contribution in [-0.4, -0.2) is 0 Å². The number of benzene rings is 2. The molecule has 0 amide bonds. The van der Waals surface area contributed by atoms with Crippen LogP contribution in [0.3, 0.4) is 0 Å². The molecule has 2 aromatic carbocycles. The van der Waals surface area contributed by atoms with Gasteiger partial charge in [-0.2, -0.15) is 0 Å². The maximum Gasteiger partial charge on any atom is 0.123 e.